The van der Waals surface area contributed by atoms with Gasteiger partial charge in [-0.1, -0.05) is 48.6 Å². The average Bonchev–Trinajstić information content (AvgIpc) is 2.94. The van der Waals surface area contributed by atoms with Crippen molar-refractivity contribution in [1.29, 1.82) is 0 Å². The summed E-state index contributed by atoms with van der Waals surface area (Å²) in [6.45, 7) is 2.72. The predicted octanol–water partition coefficient (Wildman–Crippen LogP) is 6.62. The van der Waals surface area contributed by atoms with Crippen LogP contribution in [-0.2, 0) is 9.59 Å². The number of hydrogen-bond acceptors (Lipinski definition) is 4. The van der Waals surface area contributed by atoms with Gasteiger partial charge in [-0.05, 0) is 71.8 Å². The Labute approximate surface area is 231 Å². The fourth-order valence-electron chi connectivity index (χ4n) is 4.29. The van der Waals surface area contributed by atoms with Crippen molar-refractivity contribution in [3.63, 3.8) is 0 Å². The molecule has 0 aliphatic heterocycles. The number of hydrogen-bond donors (Lipinski definition) is 2. The highest BCUT2D eigenvalue weighted by Gasteiger charge is 2.22. The van der Waals surface area contributed by atoms with Crippen LogP contribution in [0.25, 0.3) is 12.2 Å². The lowest BCUT2D eigenvalue weighted by Crippen LogP contribution is -2.25. The van der Waals surface area contributed by atoms with Gasteiger partial charge < -0.3 is 10.2 Å². The largest absolute Gasteiger partial charge is 0.478 e. The van der Waals surface area contributed by atoms with Crippen LogP contribution in [0, 0.1) is 0 Å². The molecule has 0 aliphatic rings. The van der Waals surface area contributed by atoms with Gasteiger partial charge in [-0.3, -0.25) is 19.4 Å². The smallest absolute Gasteiger partial charge is 0.337 e. The van der Waals surface area contributed by atoms with E-state index in [1.165, 1.54) is 54.0 Å². The molecule has 0 radical (unpaired) electrons. The van der Waals surface area contributed by atoms with Crippen LogP contribution in [0.15, 0.2) is 97.1 Å². The van der Waals surface area contributed by atoms with Gasteiger partial charge in [0.1, 0.15) is 0 Å². The molecule has 0 saturated carbocycles. The average molecular weight is 535 g/mol. The summed E-state index contributed by atoms with van der Waals surface area (Å²) in [6.07, 6.45) is 3.68. The van der Waals surface area contributed by atoms with Crippen molar-refractivity contribution in [1.82, 2.24) is 0 Å². The lowest BCUT2D eigenvalue weighted by Gasteiger charge is -2.25. The first-order chi connectivity index (χ1) is 19.2. The highest BCUT2D eigenvalue weighted by molar-refractivity contribution is 6.06. The van der Waals surface area contributed by atoms with Crippen molar-refractivity contribution in [2.75, 3.05) is 9.80 Å². The number of benzene rings is 4. The number of carboxylic acid groups (broad SMARTS) is 2. The van der Waals surface area contributed by atoms with Crippen molar-refractivity contribution in [2.45, 2.75) is 13.8 Å². The molecule has 0 aliphatic carbocycles. The third kappa shape index (κ3) is 6.14. The number of aromatic carboxylic acids is 2. The summed E-state index contributed by atoms with van der Waals surface area (Å²) in [5.74, 6) is -2.95. The van der Waals surface area contributed by atoms with Gasteiger partial charge in [0.2, 0.25) is 11.8 Å². The standard InChI is InChI=1S/C32H26N2O6/c1-21(35)33(26-13-11-25(12-14-26)31(37)38)27-15-17-28(18-16-27)34(22(2)36)30-19-10-24(20-29(30)32(39)40)9-8-23-6-4-3-5-7-23/h3-20H,1-2H3,(H,37,38)(H,39,40)/b9-8+. The maximum absolute atomic E-state index is 12.8. The van der Waals surface area contributed by atoms with Crippen molar-refractivity contribution in [2.24, 2.45) is 0 Å². The SMILES string of the molecule is CC(=O)N(c1ccc(C(=O)O)cc1)c1ccc(N(C(C)=O)c2ccc(/C=C/c3ccccc3)cc2C(=O)O)cc1. The molecule has 8 nitrogen and oxygen atoms in total. The molecule has 40 heavy (non-hydrogen) atoms. The first-order valence-corrected chi connectivity index (χ1v) is 12.3. The van der Waals surface area contributed by atoms with Gasteiger partial charge in [-0.2, -0.15) is 0 Å². The van der Waals surface area contributed by atoms with Crippen LogP contribution < -0.4 is 9.80 Å². The first kappa shape index (κ1) is 27.5. The lowest BCUT2D eigenvalue weighted by atomic mass is 10.0. The normalized spacial score (nSPS) is 10.8. The molecule has 0 heterocycles. The molecule has 4 aromatic carbocycles. The Morgan fingerprint density at radius 3 is 1.57 bits per heavy atom. The minimum atomic E-state index is -1.18. The van der Waals surface area contributed by atoms with E-state index in [1.54, 1.807) is 42.5 Å². The van der Waals surface area contributed by atoms with E-state index in [-0.39, 0.29) is 22.7 Å². The van der Waals surface area contributed by atoms with Crippen LogP contribution >= 0.6 is 0 Å². The van der Waals surface area contributed by atoms with E-state index in [0.717, 1.165) is 5.56 Å². The second kappa shape index (κ2) is 11.9. The van der Waals surface area contributed by atoms with Gasteiger partial charge in [0.05, 0.1) is 16.8 Å². The van der Waals surface area contributed by atoms with E-state index in [4.69, 9.17) is 5.11 Å². The fraction of sp³-hybridized carbons (Fsp3) is 0.0625. The van der Waals surface area contributed by atoms with Crippen LogP contribution in [-0.4, -0.2) is 34.0 Å². The van der Waals surface area contributed by atoms with Crippen LogP contribution in [0.5, 0.6) is 0 Å². The van der Waals surface area contributed by atoms with Gasteiger partial charge in [-0.25, -0.2) is 9.59 Å². The van der Waals surface area contributed by atoms with Crippen molar-refractivity contribution in [3.05, 3.63) is 119 Å². The van der Waals surface area contributed by atoms with E-state index in [0.29, 0.717) is 22.6 Å². The monoisotopic (exact) mass is 534 g/mol. The van der Waals surface area contributed by atoms with Crippen LogP contribution in [0.2, 0.25) is 0 Å². The van der Waals surface area contributed by atoms with Crippen LogP contribution in [0.1, 0.15) is 45.7 Å². The molecule has 0 saturated heterocycles. The number of carbonyl (C=O) groups is 4. The lowest BCUT2D eigenvalue weighted by molar-refractivity contribution is -0.116. The van der Waals surface area contributed by atoms with Gasteiger partial charge in [-0.15, -0.1) is 0 Å². The van der Waals surface area contributed by atoms with Gasteiger partial charge in [0.25, 0.3) is 0 Å². The third-order valence-corrected chi connectivity index (χ3v) is 6.13. The van der Waals surface area contributed by atoms with E-state index in [1.807, 2.05) is 36.4 Å². The molecular formula is C32H26N2O6. The summed E-state index contributed by atoms with van der Waals surface area (Å²) < 4.78 is 0. The minimum absolute atomic E-state index is 0.0432. The molecule has 0 fully saturated rings. The number of carbonyl (C=O) groups excluding carboxylic acids is 2. The Balaban J connectivity index is 1.68. The molecule has 0 spiro atoms. The molecule has 2 amide bonds. The molecule has 0 unspecified atom stereocenters. The fourth-order valence-corrected chi connectivity index (χ4v) is 4.29. The number of carboxylic acids is 2. The zero-order valence-corrected chi connectivity index (χ0v) is 21.8. The zero-order chi connectivity index (χ0) is 28.8. The number of amides is 2. The number of nitrogens with zero attached hydrogens (tertiary/aromatic N) is 2. The Bertz CT molecular complexity index is 1590. The maximum Gasteiger partial charge on any atom is 0.337 e. The van der Waals surface area contributed by atoms with Crippen LogP contribution in [0.3, 0.4) is 0 Å². The van der Waals surface area contributed by atoms with E-state index in [2.05, 4.69) is 0 Å². The highest BCUT2D eigenvalue weighted by atomic mass is 16.4. The maximum atomic E-state index is 12.8. The van der Waals surface area contributed by atoms with Crippen molar-refractivity contribution in [3.8, 4) is 0 Å². The van der Waals surface area contributed by atoms with Gasteiger partial charge in [0.15, 0.2) is 0 Å². The summed E-state index contributed by atoms with van der Waals surface area (Å²) in [4.78, 5) is 51.3. The Morgan fingerprint density at radius 2 is 1.07 bits per heavy atom. The molecule has 0 aromatic heterocycles. The van der Waals surface area contributed by atoms with E-state index in [9.17, 15) is 24.3 Å². The summed E-state index contributed by atoms with van der Waals surface area (Å²) in [5.41, 5.74) is 3.26. The number of anilines is 4. The molecule has 0 atom stereocenters. The molecule has 0 bridgehead atoms. The van der Waals surface area contributed by atoms with Crippen LogP contribution in [0.4, 0.5) is 22.7 Å². The molecule has 4 rings (SSSR count). The molecule has 200 valence electrons. The Hall–Kier alpha value is -5.50. The molecule has 4 aromatic rings. The second-order valence-electron chi connectivity index (χ2n) is 8.90. The summed E-state index contributed by atoms with van der Waals surface area (Å²) in [6, 6.07) is 26.8. The number of rotatable bonds is 8. The molecule has 2 N–H and O–H groups in total. The summed E-state index contributed by atoms with van der Waals surface area (Å²) >= 11 is 0. The topological polar surface area (TPSA) is 115 Å². The van der Waals surface area contributed by atoms with Crippen molar-refractivity contribution >= 4 is 58.7 Å². The third-order valence-electron chi connectivity index (χ3n) is 6.13. The highest BCUT2D eigenvalue weighted by Crippen LogP contribution is 2.33. The Kier molecular flexibility index (Phi) is 8.20. The minimum Gasteiger partial charge on any atom is -0.478 e. The quantitative estimate of drug-likeness (QED) is 0.245. The van der Waals surface area contributed by atoms with Crippen molar-refractivity contribution < 1.29 is 29.4 Å². The predicted molar refractivity (Wildman–Crippen MR) is 154 cm³/mol. The first-order valence-electron chi connectivity index (χ1n) is 12.3. The summed E-state index contributed by atoms with van der Waals surface area (Å²) in [5, 5.41) is 19.1. The zero-order valence-electron chi connectivity index (χ0n) is 21.8. The second-order valence-corrected chi connectivity index (χ2v) is 8.90. The molecular weight excluding hydrogens is 508 g/mol. The Morgan fingerprint density at radius 1 is 0.575 bits per heavy atom. The molecule has 8 heteroatoms. The van der Waals surface area contributed by atoms with E-state index < -0.39 is 17.8 Å². The van der Waals surface area contributed by atoms with E-state index >= 15 is 0 Å². The summed E-state index contributed by atoms with van der Waals surface area (Å²) in [7, 11) is 0. The van der Waals surface area contributed by atoms with Gasteiger partial charge >= 0.3 is 11.9 Å². The van der Waals surface area contributed by atoms with Gasteiger partial charge in [0, 0.05) is 30.9 Å².